The van der Waals surface area contributed by atoms with E-state index in [1.165, 1.54) is 12.8 Å². The van der Waals surface area contributed by atoms with Crippen LogP contribution in [0, 0.1) is 56.7 Å². The lowest BCUT2D eigenvalue weighted by atomic mass is 9.37. The predicted octanol–water partition coefficient (Wildman–Crippen LogP) is 5.86. The van der Waals surface area contributed by atoms with Crippen molar-refractivity contribution in [3.8, 4) is 0 Å². The second kappa shape index (κ2) is 10.1. The fraction of sp³-hybridized carbons (Fsp3) is 0.972. The smallest absolute Gasteiger partial charge is 0.306 e. The van der Waals surface area contributed by atoms with E-state index in [2.05, 4.69) is 41.5 Å². The van der Waals surface area contributed by atoms with Crippen LogP contribution in [-0.4, -0.2) is 64.7 Å². The highest BCUT2D eigenvalue weighted by molar-refractivity contribution is 5.69. The first kappa shape index (κ1) is 32.2. The molecule has 0 radical (unpaired) electrons. The Labute approximate surface area is 259 Å². The molecular formula is C36H60O7. The molecule has 0 spiro atoms. The quantitative estimate of drug-likeness (QED) is 0.313. The number of hydrogen-bond donors (Lipinski definition) is 3. The highest BCUT2D eigenvalue weighted by atomic mass is 16.7. The molecule has 1 aliphatic heterocycles. The summed E-state index contributed by atoms with van der Waals surface area (Å²) in [7, 11) is 1.70. The second-order valence-corrected chi connectivity index (χ2v) is 18.0. The minimum Gasteiger partial charge on any atom is -0.462 e. The SMILES string of the molecule is CO[C@@H]1O[C@@H]([C@H](O)C(C)(C)O)C[C@H]1[C@@H]1CC[C@]23C[C@]12CC[C@@H]1[C@@]2(C)CC[C@@H](OC(=O)CC(C)C)C(C)(C)[C@@H]2C[C@@H](O)[C@]13C. The first-order valence-corrected chi connectivity index (χ1v) is 17.4. The van der Waals surface area contributed by atoms with Crippen LogP contribution < -0.4 is 0 Å². The maximum Gasteiger partial charge on any atom is 0.306 e. The van der Waals surface area contributed by atoms with Gasteiger partial charge in [0.1, 0.15) is 12.2 Å². The molecule has 5 aliphatic carbocycles. The Hall–Kier alpha value is -0.730. The number of carbonyl (C=O) groups excluding carboxylic acids is 1. The Bertz CT molecular complexity index is 1100. The molecule has 0 bridgehead atoms. The van der Waals surface area contributed by atoms with E-state index >= 15 is 0 Å². The number of rotatable bonds is 7. The number of aliphatic hydroxyl groups excluding tert-OH is 2. The summed E-state index contributed by atoms with van der Waals surface area (Å²) in [6.07, 6.45) is 7.27. The molecule has 1 saturated heterocycles. The van der Waals surface area contributed by atoms with Gasteiger partial charge in [-0.15, -0.1) is 0 Å². The average Bonchev–Trinajstić information content (AvgIpc) is 3.23. The zero-order valence-electron chi connectivity index (χ0n) is 28.3. The zero-order valence-corrected chi connectivity index (χ0v) is 28.3. The average molecular weight is 605 g/mol. The summed E-state index contributed by atoms with van der Waals surface area (Å²) in [6, 6.07) is 0. The van der Waals surface area contributed by atoms with Gasteiger partial charge in [-0.1, -0.05) is 41.5 Å². The van der Waals surface area contributed by atoms with Crippen molar-refractivity contribution < 1.29 is 34.3 Å². The molecule has 0 aromatic carbocycles. The minimum absolute atomic E-state index is 0.0863. The molecule has 1 heterocycles. The van der Waals surface area contributed by atoms with Crippen LogP contribution in [0.2, 0.25) is 0 Å². The summed E-state index contributed by atoms with van der Waals surface area (Å²) in [5.74, 6) is 1.53. The van der Waals surface area contributed by atoms with Crippen LogP contribution in [0.3, 0.4) is 0 Å². The summed E-state index contributed by atoms with van der Waals surface area (Å²) >= 11 is 0. The fourth-order valence-corrected chi connectivity index (χ4v) is 13.0. The largest absolute Gasteiger partial charge is 0.462 e. The number of aliphatic hydroxyl groups is 3. The third kappa shape index (κ3) is 4.33. The number of carbonyl (C=O) groups is 1. The van der Waals surface area contributed by atoms with E-state index in [9.17, 15) is 20.1 Å². The van der Waals surface area contributed by atoms with Gasteiger partial charge >= 0.3 is 5.97 Å². The van der Waals surface area contributed by atoms with Gasteiger partial charge in [0.25, 0.3) is 0 Å². The standard InChI is InChI=1S/C36H60O7/c1-20(2)16-28(38)43-27-12-13-33(7)24-11-14-35-19-36(35,34(24,8)26(37)18-25(33)31(27,3)4)15-10-22(35)21-17-23(42-30(21)41-9)29(39)32(5,6)40/h20-27,29-30,37,39-40H,10-19H2,1-9H3/t21-,22-,23+,24+,25-,26+,27+,29-,30+,33+,34-,35+,36+/m0/s1. The molecule has 6 fully saturated rings. The molecule has 0 aromatic rings. The lowest BCUT2D eigenvalue weighted by Gasteiger charge is -2.68. The van der Waals surface area contributed by atoms with E-state index < -0.39 is 17.8 Å². The molecule has 13 atom stereocenters. The molecule has 7 heteroatoms. The van der Waals surface area contributed by atoms with Crippen molar-refractivity contribution in [1.29, 1.82) is 0 Å². The van der Waals surface area contributed by atoms with Crippen LogP contribution in [0.1, 0.15) is 120 Å². The Balaban J connectivity index is 1.25. The van der Waals surface area contributed by atoms with Gasteiger partial charge in [0.05, 0.1) is 17.8 Å². The summed E-state index contributed by atoms with van der Waals surface area (Å²) in [4.78, 5) is 12.7. The van der Waals surface area contributed by atoms with Crippen LogP contribution in [-0.2, 0) is 19.0 Å². The monoisotopic (exact) mass is 604 g/mol. The van der Waals surface area contributed by atoms with Crippen molar-refractivity contribution in [2.24, 2.45) is 56.7 Å². The van der Waals surface area contributed by atoms with E-state index in [-0.39, 0.29) is 63.4 Å². The molecule has 6 rings (SSSR count). The number of fused-ring (bicyclic) bond motifs is 3. The lowest BCUT2D eigenvalue weighted by Crippen LogP contribution is -2.66. The molecule has 7 nitrogen and oxygen atoms in total. The summed E-state index contributed by atoms with van der Waals surface area (Å²) in [5.41, 5.74) is -1.20. The van der Waals surface area contributed by atoms with Gasteiger partial charge in [-0.25, -0.2) is 0 Å². The number of ether oxygens (including phenoxy) is 3. The van der Waals surface area contributed by atoms with Crippen LogP contribution in [0.15, 0.2) is 0 Å². The van der Waals surface area contributed by atoms with Gasteiger partial charge in [0.15, 0.2) is 6.29 Å². The summed E-state index contributed by atoms with van der Waals surface area (Å²) in [5, 5.41) is 33.7. The van der Waals surface area contributed by atoms with Gasteiger partial charge < -0.3 is 29.5 Å². The third-order valence-corrected chi connectivity index (χ3v) is 14.9. The molecule has 0 unspecified atom stereocenters. The maximum atomic E-state index is 12.7. The number of esters is 1. The maximum absolute atomic E-state index is 12.7. The highest BCUT2D eigenvalue weighted by Gasteiger charge is 2.86. The first-order valence-electron chi connectivity index (χ1n) is 17.4. The second-order valence-electron chi connectivity index (χ2n) is 18.0. The lowest BCUT2D eigenvalue weighted by molar-refractivity contribution is -0.246. The predicted molar refractivity (Wildman–Crippen MR) is 164 cm³/mol. The van der Waals surface area contributed by atoms with Crippen molar-refractivity contribution >= 4 is 5.97 Å². The van der Waals surface area contributed by atoms with Gasteiger partial charge in [0, 0.05) is 30.3 Å². The van der Waals surface area contributed by atoms with Crippen molar-refractivity contribution in [2.75, 3.05) is 7.11 Å². The third-order valence-electron chi connectivity index (χ3n) is 14.9. The molecule has 0 aromatic heterocycles. The van der Waals surface area contributed by atoms with Crippen molar-refractivity contribution in [2.45, 2.75) is 156 Å². The van der Waals surface area contributed by atoms with E-state index in [1.54, 1.807) is 21.0 Å². The molecule has 5 saturated carbocycles. The number of methoxy groups -OCH3 is 1. The van der Waals surface area contributed by atoms with Crippen molar-refractivity contribution in [1.82, 2.24) is 0 Å². The van der Waals surface area contributed by atoms with E-state index in [0.29, 0.717) is 30.6 Å². The zero-order chi connectivity index (χ0) is 31.5. The van der Waals surface area contributed by atoms with Crippen molar-refractivity contribution in [3.05, 3.63) is 0 Å². The topological polar surface area (TPSA) is 105 Å². The summed E-state index contributed by atoms with van der Waals surface area (Å²) in [6.45, 7) is 16.9. The molecule has 246 valence electrons. The fourth-order valence-electron chi connectivity index (χ4n) is 13.0. The molecule has 43 heavy (non-hydrogen) atoms. The van der Waals surface area contributed by atoms with Gasteiger partial charge in [-0.3, -0.25) is 4.79 Å². The molecular weight excluding hydrogens is 544 g/mol. The molecule has 3 N–H and O–H groups in total. The Morgan fingerprint density at radius 2 is 1.72 bits per heavy atom. The minimum atomic E-state index is -1.24. The normalized spacial score (nSPS) is 50.8. The molecule has 0 amide bonds. The van der Waals surface area contributed by atoms with Crippen LogP contribution in [0.25, 0.3) is 0 Å². The Morgan fingerprint density at radius 1 is 1.02 bits per heavy atom. The van der Waals surface area contributed by atoms with Gasteiger partial charge in [-0.2, -0.15) is 0 Å². The van der Waals surface area contributed by atoms with Crippen LogP contribution >= 0.6 is 0 Å². The van der Waals surface area contributed by atoms with E-state index in [4.69, 9.17) is 14.2 Å². The van der Waals surface area contributed by atoms with E-state index in [1.807, 2.05) is 0 Å². The first-order chi connectivity index (χ1) is 19.9. The van der Waals surface area contributed by atoms with Crippen molar-refractivity contribution in [3.63, 3.8) is 0 Å². The molecule has 6 aliphatic rings. The Morgan fingerprint density at radius 3 is 2.35 bits per heavy atom. The Kier molecular flexibility index (Phi) is 7.59. The highest BCUT2D eigenvalue weighted by Crippen LogP contribution is 2.91. The number of hydrogen-bond acceptors (Lipinski definition) is 7. The van der Waals surface area contributed by atoms with E-state index in [0.717, 1.165) is 38.5 Å². The van der Waals surface area contributed by atoms with Crippen LogP contribution in [0.4, 0.5) is 0 Å². The summed E-state index contributed by atoms with van der Waals surface area (Å²) < 4.78 is 18.3. The van der Waals surface area contributed by atoms with Gasteiger partial charge in [0.2, 0.25) is 0 Å². The van der Waals surface area contributed by atoms with Crippen LogP contribution in [0.5, 0.6) is 0 Å². The van der Waals surface area contributed by atoms with Gasteiger partial charge in [-0.05, 0) is 112 Å².